The number of nitrogens with one attached hydrogen (secondary N) is 1. The first-order chi connectivity index (χ1) is 15.4. The van der Waals surface area contributed by atoms with Gasteiger partial charge in [0.25, 0.3) is 10.0 Å². The highest BCUT2D eigenvalue weighted by Crippen LogP contribution is 2.23. The van der Waals surface area contributed by atoms with Crippen LogP contribution in [0, 0.1) is 0 Å². The number of para-hydroxylation sites is 1. The van der Waals surface area contributed by atoms with Gasteiger partial charge in [0.1, 0.15) is 5.75 Å². The van der Waals surface area contributed by atoms with Crippen LogP contribution in [0.15, 0.2) is 77.7 Å². The SMILES string of the molecule is CCCCOc1ccc(S(=O)(=O)Nc2ccccc2CCc2cccc(C(=O)O)c2)cc1. The Morgan fingerprint density at radius 2 is 1.72 bits per heavy atom. The van der Waals surface area contributed by atoms with Gasteiger partial charge in [-0.3, -0.25) is 4.72 Å². The molecule has 0 saturated carbocycles. The molecule has 0 aliphatic heterocycles. The van der Waals surface area contributed by atoms with Crippen molar-refractivity contribution in [2.75, 3.05) is 11.3 Å². The predicted molar refractivity (Wildman–Crippen MR) is 125 cm³/mol. The van der Waals surface area contributed by atoms with Crippen LogP contribution in [-0.2, 0) is 22.9 Å². The van der Waals surface area contributed by atoms with Gasteiger partial charge in [0.15, 0.2) is 0 Å². The normalized spacial score (nSPS) is 11.2. The quantitative estimate of drug-likeness (QED) is 0.392. The summed E-state index contributed by atoms with van der Waals surface area (Å²) in [6, 6.07) is 20.4. The molecule has 2 N–H and O–H groups in total. The third kappa shape index (κ3) is 6.34. The minimum atomic E-state index is -3.76. The average molecular weight is 454 g/mol. The molecule has 0 spiro atoms. The second kappa shape index (κ2) is 10.8. The van der Waals surface area contributed by atoms with Crippen LogP contribution in [0.4, 0.5) is 5.69 Å². The lowest BCUT2D eigenvalue weighted by molar-refractivity contribution is 0.0696. The van der Waals surface area contributed by atoms with E-state index >= 15 is 0 Å². The third-order valence-electron chi connectivity index (χ3n) is 5.02. The second-order valence-corrected chi connectivity index (χ2v) is 9.12. The maximum Gasteiger partial charge on any atom is 0.335 e. The zero-order chi connectivity index (χ0) is 23.0. The van der Waals surface area contributed by atoms with Crippen molar-refractivity contribution in [3.63, 3.8) is 0 Å². The molecule has 0 radical (unpaired) electrons. The predicted octanol–water partition coefficient (Wildman–Crippen LogP) is 5.15. The second-order valence-electron chi connectivity index (χ2n) is 7.44. The van der Waals surface area contributed by atoms with Crippen LogP contribution in [0.25, 0.3) is 0 Å². The van der Waals surface area contributed by atoms with E-state index in [-0.39, 0.29) is 10.5 Å². The summed E-state index contributed by atoms with van der Waals surface area (Å²) in [5, 5.41) is 9.16. The molecule has 168 valence electrons. The first-order valence-corrected chi connectivity index (χ1v) is 12.0. The molecular weight excluding hydrogens is 426 g/mol. The number of carboxylic acids is 1. The zero-order valence-corrected chi connectivity index (χ0v) is 18.8. The first kappa shape index (κ1) is 23.3. The highest BCUT2D eigenvalue weighted by atomic mass is 32.2. The lowest BCUT2D eigenvalue weighted by Crippen LogP contribution is -2.14. The molecule has 0 aliphatic carbocycles. The molecule has 0 fully saturated rings. The number of rotatable bonds is 11. The van der Waals surface area contributed by atoms with Gasteiger partial charge >= 0.3 is 5.97 Å². The van der Waals surface area contributed by atoms with Gasteiger partial charge in [-0.15, -0.1) is 0 Å². The summed E-state index contributed by atoms with van der Waals surface area (Å²) in [5.74, 6) is -0.330. The van der Waals surface area contributed by atoms with Crippen LogP contribution in [0.5, 0.6) is 5.75 Å². The van der Waals surface area contributed by atoms with E-state index in [1.54, 1.807) is 42.5 Å². The Balaban J connectivity index is 1.71. The highest BCUT2D eigenvalue weighted by Gasteiger charge is 2.16. The van der Waals surface area contributed by atoms with Crippen LogP contribution in [0.2, 0.25) is 0 Å². The number of hydrogen-bond donors (Lipinski definition) is 2. The summed E-state index contributed by atoms with van der Waals surface area (Å²) in [7, 11) is -3.76. The Labute approximate surface area is 188 Å². The molecule has 0 aliphatic rings. The van der Waals surface area contributed by atoms with E-state index in [0.717, 1.165) is 24.0 Å². The number of sulfonamides is 1. The summed E-state index contributed by atoms with van der Waals surface area (Å²) in [4.78, 5) is 11.3. The molecule has 0 heterocycles. The standard InChI is InChI=1S/C25H27NO5S/c1-2-3-17-31-22-13-15-23(16-14-22)32(29,30)26-24-10-5-4-8-20(24)12-11-19-7-6-9-21(18-19)25(27)28/h4-10,13-16,18,26H,2-3,11-12,17H2,1H3,(H,27,28). The Kier molecular flexibility index (Phi) is 7.89. The van der Waals surface area contributed by atoms with Gasteiger partial charge in [0.05, 0.1) is 22.8 Å². The molecule has 6 nitrogen and oxygen atoms in total. The van der Waals surface area contributed by atoms with Crippen molar-refractivity contribution in [3.8, 4) is 5.75 Å². The number of benzene rings is 3. The van der Waals surface area contributed by atoms with Crippen LogP contribution >= 0.6 is 0 Å². The lowest BCUT2D eigenvalue weighted by atomic mass is 10.0. The van der Waals surface area contributed by atoms with Crippen molar-refractivity contribution in [1.29, 1.82) is 0 Å². The maximum absolute atomic E-state index is 12.9. The molecule has 0 aromatic heterocycles. The van der Waals surface area contributed by atoms with Crippen molar-refractivity contribution in [3.05, 3.63) is 89.5 Å². The molecule has 3 aromatic carbocycles. The Morgan fingerprint density at radius 3 is 2.44 bits per heavy atom. The number of aryl methyl sites for hydroxylation is 2. The lowest BCUT2D eigenvalue weighted by Gasteiger charge is -2.13. The number of ether oxygens (including phenoxy) is 1. The fourth-order valence-electron chi connectivity index (χ4n) is 3.23. The van der Waals surface area contributed by atoms with Crippen LogP contribution in [-0.4, -0.2) is 26.1 Å². The van der Waals surface area contributed by atoms with E-state index in [2.05, 4.69) is 11.6 Å². The van der Waals surface area contributed by atoms with Crippen molar-refractivity contribution in [1.82, 2.24) is 0 Å². The first-order valence-electron chi connectivity index (χ1n) is 10.5. The molecule has 3 rings (SSSR count). The van der Waals surface area contributed by atoms with Gasteiger partial charge in [-0.05, 0) is 72.9 Å². The van der Waals surface area contributed by atoms with Crippen molar-refractivity contribution < 1.29 is 23.1 Å². The maximum atomic E-state index is 12.9. The molecule has 0 bridgehead atoms. The number of unbranched alkanes of at least 4 members (excludes halogenated alkanes) is 1. The number of carboxylic acid groups (broad SMARTS) is 1. The molecule has 0 saturated heterocycles. The summed E-state index contributed by atoms with van der Waals surface area (Å²) in [6.07, 6.45) is 3.12. The van der Waals surface area contributed by atoms with Gasteiger partial charge in [0.2, 0.25) is 0 Å². The average Bonchev–Trinajstić information content (AvgIpc) is 2.79. The van der Waals surface area contributed by atoms with Gasteiger partial charge in [-0.2, -0.15) is 0 Å². The van der Waals surface area contributed by atoms with Gasteiger partial charge in [-0.25, -0.2) is 13.2 Å². The minimum Gasteiger partial charge on any atom is -0.494 e. The van der Waals surface area contributed by atoms with E-state index in [4.69, 9.17) is 9.84 Å². The number of anilines is 1. The monoisotopic (exact) mass is 453 g/mol. The smallest absolute Gasteiger partial charge is 0.335 e. The molecule has 0 amide bonds. The number of aromatic carboxylic acids is 1. The third-order valence-corrected chi connectivity index (χ3v) is 6.40. The van der Waals surface area contributed by atoms with Gasteiger partial charge in [-0.1, -0.05) is 43.7 Å². The fourth-order valence-corrected chi connectivity index (χ4v) is 4.33. The van der Waals surface area contributed by atoms with Crippen molar-refractivity contribution in [2.45, 2.75) is 37.5 Å². The number of hydrogen-bond acceptors (Lipinski definition) is 4. The van der Waals surface area contributed by atoms with Gasteiger partial charge in [0, 0.05) is 0 Å². The summed E-state index contributed by atoms with van der Waals surface area (Å²) >= 11 is 0. The van der Waals surface area contributed by atoms with E-state index in [1.807, 2.05) is 18.2 Å². The Hall–Kier alpha value is -3.32. The topological polar surface area (TPSA) is 92.7 Å². The molecular formula is C25H27NO5S. The van der Waals surface area contributed by atoms with Crippen molar-refractivity contribution >= 4 is 21.7 Å². The zero-order valence-electron chi connectivity index (χ0n) is 18.0. The van der Waals surface area contributed by atoms with Crippen molar-refractivity contribution in [2.24, 2.45) is 0 Å². The number of carbonyl (C=O) groups is 1. The largest absolute Gasteiger partial charge is 0.494 e. The Bertz CT molecular complexity index is 1160. The Morgan fingerprint density at radius 1 is 0.969 bits per heavy atom. The summed E-state index contributed by atoms with van der Waals surface area (Å²) in [5.41, 5.74) is 2.45. The summed E-state index contributed by atoms with van der Waals surface area (Å²) < 4.78 is 34.1. The van der Waals surface area contributed by atoms with E-state index in [9.17, 15) is 13.2 Å². The molecule has 3 aromatic rings. The van der Waals surface area contributed by atoms with E-state index < -0.39 is 16.0 Å². The molecule has 7 heteroatoms. The van der Waals surface area contributed by atoms with E-state index in [0.29, 0.717) is 30.9 Å². The molecule has 0 unspecified atom stereocenters. The van der Waals surface area contributed by atoms with Crippen LogP contribution < -0.4 is 9.46 Å². The minimum absolute atomic E-state index is 0.157. The fraction of sp³-hybridized carbons (Fsp3) is 0.240. The summed E-state index contributed by atoms with van der Waals surface area (Å²) in [6.45, 7) is 2.68. The van der Waals surface area contributed by atoms with Crippen LogP contribution in [0.3, 0.4) is 0 Å². The van der Waals surface area contributed by atoms with E-state index in [1.165, 1.54) is 12.1 Å². The molecule has 32 heavy (non-hydrogen) atoms. The highest BCUT2D eigenvalue weighted by molar-refractivity contribution is 7.92. The van der Waals surface area contributed by atoms with Gasteiger partial charge < -0.3 is 9.84 Å². The van der Waals surface area contributed by atoms with Crippen LogP contribution in [0.1, 0.15) is 41.3 Å². The molecule has 0 atom stereocenters.